The van der Waals surface area contributed by atoms with E-state index < -0.39 is 0 Å². The minimum atomic E-state index is -0.141. The molecule has 0 aliphatic carbocycles. The zero-order valence-corrected chi connectivity index (χ0v) is 15.1. The van der Waals surface area contributed by atoms with E-state index in [1.165, 1.54) is 0 Å². The van der Waals surface area contributed by atoms with Gasteiger partial charge in [-0.3, -0.25) is 0 Å². The van der Waals surface area contributed by atoms with Crippen LogP contribution in [0, 0.1) is 0 Å². The Hall–Kier alpha value is 3.28. The summed E-state index contributed by atoms with van der Waals surface area (Å²) in [5.74, 6) is 0. The maximum absolute atomic E-state index is 2.62. The fourth-order valence-electron chi connectivity index (χ4n) is 1.12. The van der Waals surface area contributed by atoms with Crippen LogP contribution in [0.3, 0.4) is 0 Å². The fraction of sp³-hybridized carbons (Fsp3) is 1.00. The first-order chi connectivity index (χ1) is 4.90. The van der Waals surface area contributed by atoms with E-state index in [-0.39, 0.29) is 51.7 Å². The van der Waals surface area contributed by atoms with Crippen LogP contribution in [0.1, 0.15) is 0 Å². The van der Waals surface area contributed by atoms with Crippen molar-refractivity contribution in [1.82, 2.24) is 0 Å². The molecule has 4 fully saturated rings. The topological polar surface area (TPSA) is 0 Å². The normalized spacial score (nSPS) is 57.6. The van der Waals surface area contributed by atoms with E-state index in [4.69, 9.17) is 0 Å². The molecule has 0 radical (unpaired) electrons. The summed E-state index contributed by atoms with van der Waals surface area (Å²) >= 11 is -0.438. The summed E-state index contributed by atoms with van der Waals surface area (Å²) < 4.78 is 5.60. The number of rotatable bonds is 0. The van der Waals surface area contributed by atoms with Crippen molar-refractivity contribution in [2.45, 2.75) is 12.0 Å². The van der Waals surface area contributed by atoms with E-state index in [2.05, 4.69) is 24.9 Å². The van der Waals surface area contributed by atoms with Gasteiger partial charge in [0.1, 0.15) is 0 Å². The molecule has 4 atom stereocenters. The van der Waals surface area contributed by atoms with E-state index in [0.717, 1.165) is 0 Å². The van der Waals surface area contributed by atoms with E-state index in [0.29, 0.717) is 0 Å². The van der Waals surface area contributed by atoms with Crippen LogP contribution >= 0.6 is 24.9 Å². The van der Waals surface area contributed by atoms with Gasteiger partial charge in [0.2, 0.25) is 0 Å². The molecule has 4 saturated heterocycles. The molecule has 0 aromatic rings. The van der Waals surface area contributed by atoms with Gasteiger partial charge in [0.15, 0.2) is 0 Å². The molecule has 4 aliphatic rings. The van der Waals surface area contributed by atoms with Gasteiger partial charge in [-0.1, -0.05) is 0 Å². The fourth-order valence-corrected chi connectivity index (χ4v) is 248. The van der Waals surface area contributed by atoms with Crippen LogP contribution < -0.4 is 0 Å². The first kappa shape index (κ1) is 8.58. The molecular formula is C3H6As4S3. The Labute approximate surface area is 86.7 Å². The van der Waals surface area contributed by atoms with Crippen LogP contribution in [-0.4, -0.2) is 51.7 Å². The Kier molecular flexibility index (Phi) is 2.96. The Balaban J connectivity index is 1.90. The van der Waals surface area contributed by atoms with Gasteiger partial charge >= 0.3 is 88.5 Å². The zero-order chi connectivity index (χ0) is 6.55. The average molecular weight is 438 g/mol. The van der Waals surface area contributed by atoms with Crippen LogP contribution in [0.2, 0.25) is 12.0 Å². The molecule has 56 valence electrons. The van der Waals surface area contributed by atoms with Crippen molar-refractivity contribution >= 4 is 76.5 Å². The summed E-state index contributed by atoms with van der Waals surface area (Å²) in [7, 11) is 7.84. The number of hydrogen-bond acceptors (Lipinski definition) is 3. The quantitative estimate of drug-likeness (QED) is 0.530. The van der Waals surface area contributed by atoms with Gasteiger partial charge in [-0.25, -0.2) is 0 Å². The minimum absolute atomic E-state index is 0.0781. The predicted molar refractivity (Wildman–Crippen MR) is 60.2 cm³/mol. The SMILES string of the molecule is C1[As]2C[As]3S[As]1C[As](S2)S3. The Morgan fingerprint density at radius 1 is 0.700 bits per heavy atom. The van der Waals surface area contributed by atoms with Gasteiger partial charge in [0.25, 0.3) is 0 Å². The molecule has 4 rings (SSSR count). The second-order valence-electron chi connectivity index (χ2n) is 2.30. The summed E-state index contributed by atoms with van der Waals surface area (Å²) in [4.78, 5) is 0. The third-order valence-corrected chi connectivity index (χ3v) is 118. The van der Waals surface area contributed by atoms with Crippen LogP contribution in [-0.2, 0) is 0 Å². The first-order valence-electron chi connectivity index (χ1n) is 2.99. The number of hydrogen-bond donors (Lipinski definition) is 0. The van der Waals surface area contributed by atoms with Crippen molar-refractivity contribution in [3.8, 4) is 0 Å². The predicted octanol–water partition coefficient (Wildman–Crippen LogP) is 1.80. The summed E-state index contributed by atoms with van der Waals surface area (Å²) in [5, 5.41) is 0. The van der Waals surface area contributed by atoms with Crippen LogP contribution in [0.5, 0.6) is 0 Å². The van der Waals surface area contributed by atoms with Crippen LogP contribution in [0.4, 0.5) is 0 Å². The third-order valence-electron chi connectivity index (χ3n) is 1.46. The van der Waals surface area contributed by atoms with Crippen molar-refractivity contribution < 1.29 is 0 Å². The third kappa shape index (κ3) is 1.60. The van der Waals surface area contributed by atoms with Gasteiger partial charge in [0, 0.05) is 0 Å². The van der Waals surface area contributed by atoms with Crippen molar-refractivity contribution in [1.29, 1.82) is 0 Å². The molecule has 4 heterocycles. The molecule has 0 saturated carbocycles. The van der Waals surface area contributed by atoms with Crippen molar-refractivity contribution in [2.24, 2.45) is 0 Å². The molecule has 0 nitrogen and oxygen atoms in total. The van der Waals surface area contributed by atoms with Gasteiger partial charge < -0.3 is 0 Å². The molecule has 0 spiro atoms. The molecule has 4 unspecified atom stereocenters. The molecule has 0 aromatic carbocycles. The van der Waals surface area contributed by atoms with E-state index >= 15 is 0 Å². The zero-order valence-electron chi connectivity index (χ0n) is 5.13. The van der Waals surface area contributed by atoms with E-state index in [9.17, 15) is 0 Å². The standard InChI is InChI=1S/C3H6As4S3/c1-4-2-6-9-5(1)3-7(8-4)10-6/h1-3H2. The van der Waals surface area contributed by atoms with Gasteiger partial charge in [-0.15, -0.1) is 0 Å². The Bertz CT molecular complexity index is 107. The summed E-state index contributed by atoms with van der Waals surface area (Å²) in [6.07, 6.45) is 0. The average Bonchev–Trinajstić information content (AvgIpc) is 1.82. The summed E-state index contributed by atoms with van der Waals surface area (Å²) in [6.45, 7) is 0. The van der Waals surface area contributed by atoms with E-state index in [1.54, 1.807) is 0 Å². The van der Waals surface area contributed by atoms with Crippen molar-refractivity contribution in [3.05, 3.63) is 0 Å². The molecule has 4 bridgehead atoms. The summed E-state index contributed by atoms with van der Waals surface area (Å²) in [5.41, 5.74) is 0. The first-order valence-corrected chi connectivity index (χ1v) is 26.9. The molecule has 4 aliphatic heterocycles. The van der Waals surface area contributed by atoms with E-state index in [1.807, 2.05) is 12.0 Å². The molecule has 10 heavy (non-hydrogen) atoms. The van der Waals surface area contributed by atoms with Crippen LogP contribution in [0.15, 0.2) is 0 Å². The molecule has 7 heteroatoms. The van der Waals surface area contributed by atoms with Crippen molar-refractivity contribution in [3.63, 3.8) is 0 Å². The monoisotopic (exact) mass is 438 g/mol. The molecular weight excluding hydrogens is 432 g/mol. The van der Waals surface area contributed by atoms with Gasteiger partial charge in [-0.05, 0) is 0 Å². The van der Waals surface area contributed by atoms with Crippen molar-refractivity contribution in [2.75, 3.05) is 0 Å². The molecule has 0 N–H and O–H groups in total. The van der Waals surface area contributed by atoms with Crippen LogP contribution in [0.25, 0.3) is 0 Å². The summed E-state index contributed by atoms with van der Waals surface area (Å²) in [6, 6.07) is 0. The Morgan fingerprint density at radius 3 is 1.80 bits per heavy atom. The van der Waals surface area contributed by atoms with Gasteiger partial charge in [-0.2, -0.15) is 0 Å². The molecule has 0 amide bonds. The second kappa shape index (κ2) is 3.45. The molecule has 0 aromatic heterocycles. The second-order valence-corrected chi connectivity index (χ2v) is 56.7. The Morgan fingerprint density at radius 2 is 1.30 bits per heavy atom. The maximum atomic E-state index is 2.62. The van der Waals surface area contributed by atoms with Gasteiger partial charge in [0.05, 0.1) is 0 Å².